The molecule has 0 bridgehead atoms. The van der Waals surface area contributed by atoms with Crippen LogP contribution in [0.3, 0.4) is 0 Å². The molecule has 0 N–H and O–H groups in total. The lowest BCUT2D eigenvalue weighted by atomic mass is 13.8. The Labute approximate surface area is 81.6 Å². The summed E-state index contributed by atoms with van der Waals surface area (Å²) in [6, 6.07) is 0. The maximum absolute atomic E-state index is 12.8. The largest absolute Gasteiger partial charge is 0.422 e. The third kappa shape index (κ3) is 3.26. The minimum Gasteiger partial charge on any atom is -0.170 e. The van der Waals surface area contributed by atoms with Crippen molar-refractivity contribution in [1.82, 2.24) is 0 Å². The van der Waals surface area contributed by atoms with Crippen LogP contribution in [-0.4, -0.2) is 0 Å². The monoisotopic (exact) mass is 369 g/mol. The minimum atomic E-state index is -5.17. The van der Waals surface area contributed by atoms with Gasteiger partial charge in [-0.2, -0.15) is 12.9 Å². The maximum Gasteiger partial charge on any atom is 0.422 e. The molecule has 3 nitrogen and oxygen atoms in total. The molecule has 0 unspecified atom stereocenters. The first-order chi connectivity index (χ1) is 5.12. The van der Waals surface area contributed by atoms with Gasteiger partial charge in [-0.15, -0.1) is 17.4 Å². The van der Waals surface area contributed by atoms with Gasteiger partial charge in [0.15, 0.2) is 0 Å². The molecule has 2 atom stereocenters. The molecule has 1 aliphatic rings. The molecule has 0 radical (unpaired) electrons. The quantitative estimate of drug-likeness (QED) is 0.344. The average molecular weight is 371 g/mol. The smallest absolute Gasteiger partial charge is 0.170 e. The Kier molecular flexibility index (Phi) is 3.05. The van der Waals surface area contributed by atoms with Crippen LogP contribution < -0.4 is 0 Å². The van der Waals surface area contributed by atoms with Crippen LogP contribution >= 0.6 is 51.2 Å². The maximum atomic E-state index is 12.8. The van der Waals surface area contributed by atoms with Gasteiger partial charge in [-0.1, -0.05) is 0 Å². The lowest BCUT2D eigenvalue weighted by molar-refractivity contribution is 0.723. The molecule has 0 amide bonds. The molecule has 0 aliphatic carbocycles. The number of nitrogens with zero attached hydrogens (tertiary/aromatic N) is 3. The van der Waals surface area contributed by atoms with Gasteiger partial charge in [-0.25, -0.2) is 0 Å². The van der Waals surface area contributed by atoms with Crippen LogP contribution in [0.15, 0.2) is 13.5 Å². The van der Waals surface area contributed by atoms with E-state index in [-0.39, 0.29) is 0 Å². The minimum absolute atomic E-state index is 2.20. The van der Waals surface area contributed by atoms with E-state index in [0.29, 0.717) is 0 Å². The van der Waals surface area contributed by atoms with Gasteiger partial charge in [-0.05, 0) is 0 Å². The van der Waals surface area contributed by atoms with Crippen LogP contribution in [0.2, 0.25) is 0 Å². The van der Waals surface area contributed by atoms with Crippen LogP contribution in [0.25, 0.3) is 0 Å². The van der Waals surface area contributed by atoms with Crippen LogP contribution in [-0.2, 0) is 0 Å². The highest BCUT2D eigenvalue weighted by molar-refractivity contribution is 9.42. The van der Waals surface area contributed by atoms with E-state index in [1.54, 1.807) is 0 Å². The van der Waals surface area contributed by atoms with E-state index < -0.39 is 20.3 Å². The normalized spacial score (nSPS) is 45.5. The van der Waals surface area contributed by atoms with Gasteiger partial charge in [0.1, 0.15) is 0 Å². The van der Waals surface area contributed by atoms with Gasteiger partial charge in [-0.3, -0.25) is 0 Å². The summed E-state index contributed by atoms with van der Waals surface area (Å²) in [5.74, 6) is 0. The summed E-state index contributed by atoms with van der Waals surface area (Å²) in [5, 5.41) is 0. The Morgan fingerprint density at radius 2 is 1.17 bits per heavy atom. The zero-order valence-electron chi connectivity index (χ0n) is 4.95. The van der Waals surface area contributed by atoms with E-state index in [0.717, 1.165) is 0 Å². The highest BCUT2D eigenvalue weighted by Gasteiger charge is 2.35. The number of halogens is 6. The Hall–Kier alpha value is 1.37. The molecular weight excluding hydrogens is 371 g/mol. The summed E-state index contributed by atoms with van der Waals surface area (Å²) in [6.07, 6.45) is -8.37. The van der Waals surface area contributed by atoms with Crippen molar-refractivity contribution in [1.29, 1.82) is 0 Å². The standard InChI is InChI=1S/Br2F4N3P3/c1-10(3)7-11(2,4)9-12(5,6)8-10/t10-,11-/m0/s1. The van der Waals surface area contributed by atoms with Crippen molar-refractivity contribution in [3.05, 3.63) is 0 Å². The van der Waals surface area contributed by atoms with E-state index in [4.69, 9.17) is 0 Å². The molecule has 0 fully saturated rings. The van der Waals surface area contributed by atoms with Gasteiger partial charge >= 0.3 is 20.3 Å². The van der Waals surface area contributed by atoms with Crippen LogP contribution in [0, 0.1) is 0 Å². The van der Waals surface area contributed by atoms with Crippen molar-refractivity contribution in [3.63, 3.8) is 0 Å². The Morgan fingerprint density at radius 3 is 1.50 bits per heavy atom. The molecule has 72 valence electrons. The van der Waals surface area contributed by atoms with Gasteiger partial charge in [0.25, 0.3) is 0 Å². The van der Waals surface area contributed by atoms with E-state index >= 15 is 0 Å². The molecule has 0 aromatic heterocycles. The third-order valence-corrected chi connectivity index (χ3v) is 10.9. The SMILES string of the molecule is FP1(F)=N[P@](F)(Br)=N[P@@](F)(Br)=N1. The van der Waals surface area contributed by atoms with E-state index in [2.05, 4.69) is 44.5 Å². The Balaban J connectivity index is 3.46. The molecule has 12 heavy (non-hydrogen) atoms. The first kappa shape index (κ1) is 11.4. The van der Waals surface area contributed by atoms with Crippen LogP contribution in [0.1, 0.15) is 0 Å². The molecule has 0 spiro atoms. The third-order valence-electron chi connectivity index (χ3n) is 0.646. The summed E-state index contributed by atoms with van der Waals surface area (Å²) < 4.78 is 58.1. The summed E-state index contributed by atoms with van der Waals surface area (Å²) in [5.41, 5.74) is 0. The second-order valence-corrected chi connectivity index (χ2v) is 11.9. The second-order valence-electron chi connectivity index (χ2n) is 1.64. The topological polar surface area (TPSA) is 37.1 Å². The molecule has 0 aromatic rings. The zero-order chi connectivity index (χ0) is 9.62. The molecule has 1 aliphatic heterocycles. The lowest BCUT2D eigenvalue weighted by Gasteiger charge is -2.12. The highest BCUT2D eigenvalue weighted by atomic mass is 79.9. The van der Waals surface area contributed by atoms with Crippen molar-refractivity contribution in [2.75, 3.05) is 0 Å². The summed E-state index contributed by atoms with van der Waals surface area (Å²) in [4.78, 5) is 0. The molecule has 0 saturated heterocycles. The van der Waals surface area contributed by atoms with Crippen molar-refractivity contribution < 1.29 is 16.8 Å². The number of rotatable bonds is 0. The van der Waals surface area contributed by atoms with Crippen molar-refractivity contribution in [3.8, 4) is 0 Å². The van der Waals surface area contributed by atoms with Gasteiger partial charge in [0.2, 0.25) is 0 Å². The highest BCUT2D eigenvalue weighted by Crippen LogP contribution is 2.85. The second kappa shape index (κ2) is 3.20. The van der Waals surface area contributed by atoms with E-state index in [1.807, 2.05) is 0 Å². The Bertz CT molecular complexity index is 280. The predicted molar refractivity (Wildman–Crippen MR) is 50.3 cm³/mol. The molecule has 1 rings (SSSR count). The molecule has 0 saturated carbocycles. The molecule has 0 aromatic carbocycles. The van der Waals surface area contributed by atoms with Crippen LogP contribution in [0.4, 0.5) is 16.8 Å². The number of hydrogen-bond acceptors (Lipinski definition) is 3. The van der Waals surface area contributed by atoms with Crippen LogP contribution in [0.5, 0.6) is 0 Å². The first-order valence-corrected chi connectivity index (χ1v) is 10.9. The average Bonchev–Trinajstić information content (AvgIpc) is 1.44. The van der Waals surface area contributed by atoms with E-state index in [9.17, 15) is 16.8 Å². The Morgan fingerprint density at radius 1 is 0.750 bits per heavy atom. The summed E-state index contributed by atoms with van der Waals surface area (Å²) in [6.45, 7) is 0. The summed E-state index contributed by atoms with van der Waals surface area (Å²) >= 11 is 4.40. The van der Waals surface area contributed by atoms with Gasteiger partial charge in [0.05, 0.1) is 0 Å². The van der Waals surface area contributed by atoms with E-state index in [1.165, 1.54) is 0 Å². The zero-order valence-corrected chi connectivity index (χ0v) is 10.8. The lowest BCUT2D eigenvalue weighted by Crippen LogP contribution is -1.64. The molecule has 12 heteroatoms. The molecule has 1 heterocycles. The predicted octanol–water partition coefficient (Wildman–Crippen LogP) is 6.51. The fourth-order valence-electron chi connectivity index (χ4n) is 0.442. The van der Waals surface area contributed by atoms with Crippen molar-refractivity contribution in [2.45, 2.75) is 0 Å². The van der Waals surface area contributed by atoms with Gasteiger partial charge < -0.3 is 0 Å². The van der Waals surface area contributed by atoms with Gasteiger partial charge in [0, 0.05) is 31.0 Å². The molecular formula is Br2F4N3P3. The summed E-state index contributed by atoms with van der Waals surface area (Å²) in [7, 11) is -5.17. The fourth-order valence-corrected chi connectivity index (χ4v) is 13.1. The van der Waals surface area contributed by atoms with Crippen molar-refractivity contribution >= 4 is 51.2 Å². The number of hydrogen-bond donors (Lipinski definition) is 0. The van der Waals surface area contributed by atoms with Crippen molar-refractivity contribution in [2.24, 2.45) is 13.5 Å². The first-order valence-electron chi connectivity index (χ1n) is 2.21. The fraction of sp³-hybridized carbons (Fsp3) is 0.